The number of primary amides is 1. The van der Waals surface area contributed by atoms with Crippen molar-refractivity contribution in [3.63, 3.8) is 0 Å². The quantitative estimate of drug-likeness (QED) is 0.546. The largest absolute Gasteiger partial charge is 0.366 e. The molecule has 0 aliphatic carbocycles. The van der Waals surface area contributed by atoms with Crippen LogP contribution in [0, 0.1) is 5.82 Å². The molecule has 0 fully saturated rings. The van der Waals surface area contributed by atoms with Gasteiger partial charge in [0.1, 0.15) is 5.82 Å². The molecule has 0 aliphatic heterocycles. The molecule has 2 amide bonds. The van der Waals surface area contributed by atoms with Crippen molar-refractivity contribution in [2.45, 2.75) is 6.42 Å². The van der Waals surface area contributed by atoms with Gasteiger partial charge in [0, 0.05) is 11.1 Å². The highest BCUT2D eigenvalue weighted by Crippen LogP contribution is 2.19. The molecule has 0 spiro atoms. The lowest BCUT2D eigenvalue weighted by Crippen LogP contribution is -2.29. The molecule has 0 heterocycles. The van der Waals surface area contributed by atoms with Crippen molar-refractivity contribution in [1.82, 2.24) is 5.06 Å². The third-order valence-electron chi connectivity index (χ3n) is 4.13. The van der Waals surface area contributed by atoms with Crippen molar-refractivity contribution in [3.8, 4) is 0 Å². The van der Waals surface area contributed by atoms with Crippen LogP contribution in [0.1, 0.15) is 26.3 Å². The molecule has 3 rings (SSSR count). The van der Waals surface area contributed by atoms with Gasteiger partial charge in [0.2, 0.25) is 5.91 Å². The van der Waals surface area contributed by atoms with E-state index in [1.165, 1.54) is 12.1 Å². The van der Waals surface area contributed by atoms with E-state index in [9.17, 15) is 19.2 Å². The first-order valence-electron chi connectivity index (χ1n) is 8.03. The highest BCUT2D eigenvalue weighted by Gasteiger charge is 2.14. The maximum Gasteiger partial charge on any atom is 0.277 e. The molecular formula is C20H17FN2O3. The lowest BCUT2D eigenvalue weighted by atomic mass is 10.0. The second-order valence-corrected chi connectivity index (χ2v) is 5.95. The average Bonchev–Trinajstić information content (AvgIpc) is 2.65. The van der Waals surface area contributed by atoms with E-state index in [1.807, 2.05) is 0 Å². The summed E-state index contributed by atoms with van der Waals surface area (Å²) < 4.78 is 12.9. The fourth-order valence-corrected chi connectivity index (χ4v) is 2.67. The minimum absolute atomic E-state index is 0.0732. The Hall–Kier alpha value is -3.25. The number of hydrogen-bond donors (Lipinski definition) is 2. The first-order valence-corrected chi connectivity index (χ1v) is 8.03. The van der Waals surface area contributed by atoms with Gasteiger partial charge in [0.05, 0.1) is 6.54 Å². The van der Waals surface area contributed by atoms with Gasteiger partial charge in [-0.3, -0.25) is 14.8 Å². The Balaban J connectivity index is 1.75. The second kappa shape index (κ2) is 7.33. The number of nitrogens with two attached hydrogens (primary N) is 1. The number of carbonyl (C=O) groups is 2. The van der Waals surface area contributed by atoms with Gasteiger partial charge in [0.25, 0.3) is 5.91 Å². The van der Waals surface area contributed by atoms with Crippen LogP contribution in [0.5, 0.6) is 0 Å². The lowest BCUT2D eigenvalue weighted by molar-refractivity contribution is -0.0571. The van der Waals surface area contributed by atoms with Crippen LogP contribution in [0.4, 0.5) is 4.39 Å². The zero-order valence-corrected chi connectivity index (χ0v) is 13.9. The summed E-state index contributed by atoms with van der Waals surface area (Å²) in [6, 6.07) is 15.8. The molecule has 0 saturated carbocycles. The molecule has 26 heavy (non-hydrogen) atoms. The van der Waals surface area contributed by atoms with Gasteiger partial charge in [-0.1, -0.05) is 24.3 Å². The molecule has 132 valence electrons. The Kier molecular flexibility index (Phi) is 4.95. The molecule has 0 bridgehead atoms. The minimum atomic E-state index is -0.557. The van der Waals surface area contributed by atoms with Crippen molar-refractivity contribution in [2.24, 2.45) is 5.73 Å². The van der Waals surface area contributed by atoms with Crippen molar-refractivity contribution in [3.05, 3.63) is 83.2 Å². The maximum atomic E-state index is 12.9. The zero-order chi connectivity index (χ0) is 18.7. The number of carbonyl (C=O) groups excluding carboxylic acids is 2. The van der Waals surface area contributed by atoms with E-state index in [4.69, 9.17) is 5.73 Å². The summed E-state index contributed by atoms with van der Waals surface area (Å²) in [4.78, 5) is 23.7. The number of benzene rings is 3. The SMILES string of the molecule is NC(=O)c1ccc2ccc(C(=O)N(O)CCc3ccc(F)cc3)cc2c1. The van der Waals surface area contributed by atoms with Crippen LogP contribution in [-0.4, -0.2) is 28.6 Å². The molecule has 6 heteroatoms. The number of fused-ring (bicyclic) bond motifs is 1. The van der Waals surface area contributed by atoms with Gasteiger partial charge in [0.15, 0.2) is 0 Å². The van der Waals surface area contributed by atoms with Crippen molar-refractivity contribution < 1.29 is 19.2 Å². The summed E-state index contributed by atoms with van der Waals surface area (Å²) in [5.74, 6) is -1.44. The van der Waals surface area contributed by atoms with Crippen molar-refractivity contribution in [1.29, 1.82) is 0 Å². The van der Waals surface area contributed by atoms with E-state index in [1.54, 1.807) is 48.5 Å². The third-order valence-corrected chi connectivity index (χ3v) is 4.13. The van der Waals surface area contributed by atoms with Crippen LogP contribution in [0.25, 0.3) is 10.8 Å². The molecule has 3 N–H and O–H groups in total. The average molecular weight is 352 g/mol. The van der Waals surface area contributed by atoms with Gasteiger partial charge in [-0.15, -0.1) is 0 Å². The van der Waals surface area contributed by atoms with Crippen LogP contribution in [0.15, 0.2) is 60.7 Å². The predicted molar refractivity (Wildman–Crippen MR) is 95.4 cm³/mol. The molecule has 3 aromatic rings. The molecule has 0 atom stereocenters. The zero-order valence-electron chi connectivity index (χ0n) is 13.9. The number of hydroxylamine groups is 2. The number of rotatable bonds is 5. The van der Waals surface area contributed by atoms with Crippen LogP contribution in [0.2, 0.25) is 0 Å². The highest BCUT2D eigenvalue weighted by atomic mass is 19.1. The molecule has 0 radical (unpaired) electrons. The molecule has 0 saturated heterocycles. The molecule has 3 aromatic carbocycles. The van der Waals surface area contributed by atoms with Crippen LogP contribution < -0.4 is 5.73 Å². The Labute approximate surface area is 149 Å². The highest BCUT2D eigenvalue weighted by molar-refractivity contribution is 6.01. The molecule has 5 nitrogen and oxygen atoms in total. The van der Waals surface area contributed by atoms with Gasteiger partial charge >= 0.3 is 0 Å². The predicted octanol–water partition coefficient (Wildman–Crippen LogP) is 3.15. The first-order chi connectivity index (χ1) is 12.4. The molecular weight excluding hydrogens is 335 g/mol. The van der Waals surface area contributed by atoms with Gasteiger partial charge < -0.3 is 5.73 Å². The molecule has 0 unspecified atom stereocenters. The Morgan fingerprint density at radius 3 is 2.19 bits per heavy atom. The van der Waals surface area contributed by atoms with Crippen LogP contribution >= 0.6 is 0 Å². The summed E-state index contributed by atoms with van der Waals surface area (Å²) in [6.07, 6.45) is 0.391. The topological polar surface area (TPSA) is 83.6 Å². The fourth-order valence-electron chi connectivity index (χ4n) is 2.67. The Morgan fingerprint density at radius 2 is 1.54 bits per heavy atom. The van der Waals surface area contributed by atoms with E-state index in [0.29, 0.717) is 28.0 Å². The smallest absolute Gasteiger partial charge is 0.277 e. The summed E-state index contributed by atoms with van der Waals surface area (Å²) in [5, 5.41) is 12.2. The van der Waals surface area contributed by atoms with Gasteiger partial charge in [-0.05, 0) is 59.2 Å². The van der Waals surface area contributed by atoms with E-state index in [0.717, 1.165) is 10.9 Å². The first kappa shape index (κ1) is 17.6. The van der Waals surface area contributed by atoms with E-state index in [-0.39, 0.29) is 12.4 Å². The van der Waals surface area contributed by atoms with Gasteiger partial charge in [-0.2, -0.15) is 0 Å². The summed E-state index contributed by atoms with van der Waals surface area (Å²) in [5.41, 5.74) is 6.72. The van der Waals surface area contributed by atoms with Crippen molar-refractivity contribution in [2.75, 3.05) is 6.54 Å². The Morgan fingerprint density at radius 1 is 0.923 bits per heavy atom. The normalized spacial score (nSPS) is 10.7. The number of hydrogen-bond acceptors (Lipinski definition) is 3. The second-order valence-electron chi connectivity index (χ2n) is 5.95. The maximum absolute atomic E-state index is 12.9. The van der Waals surface area contributed by atoms with E-state index in [2.05, 4.69) is 0 Å². The lowest BCUT2D eigenvalue weighted by Gasteiger charge is -2.15. The fraction of sp³-hybridized carbons (Fsp3) is 0.100. The monoisotopic (exact) mass is 352 g/mol. The molecule has 0 aromatic heterocycles. The Bertz CT molecular complexity index is 970. The van der Waals surface area contributed by atoms with E-state index < -0.39 is 11.8 Å². The van der Waals surface area contributed by atoms with Crippen molar-refractivity contribution >= 4 is 22.6 Å². The standard InChI is InChI=1S/C20H17FN2O3/c21-18-7-1-13(2-8-18)9-10-23(26)20(25)16-6-4-14-3-5-15(19(22)24)11-17(14)12-16/h1-8,11-12,26H,9-10H2,(H2,22,24). The van der Waals surface area contributed by atoms with Crippen LogP contribution in [-0.2, 0) is 6.42 Å². The van der Waals surface area contributed by atoms with Crippen LogP contribution in [0.3, 0.4) is 0 Å². The number of amides is 2. The van der Waals surface area contributed by atoms with Gasteiger partial charge in [-0.25, -0.2) is 9.45 Å². The summed E-state index contributed by atoms with van der Waals surface area (Å²) in [6.45, 7) is 0.0732. The minimum Gasteiger partial charge on any atom is -0.366 e. The summed E-state index contributed by atoms with van der Waals surface area (Å²) in [7, 11) is 0. The summed E-state index contributed by atoms with van der Waals surface area (Å²) >= 11 is 0. The van der Waals surface area contributed by atoms with E-state index >= 15 is 0 Å². The number of halogens is 1. The number of nitrogens with zero attached hydrogens (tertiary/aromatic N) is 1. The third kappa shape index (κ3) is 3.87. The molecule has 0 aliphatic rings.